The van der Waals surface area contributed by atoms with Gasteiger partial charge in [-0.05, 0) is 72.7 Å². The van der Waals surface area contributed by atoms with Gasteiger partial charge in [-0.25, -0.2) is 9.78 Å². The summed E-state index contributed by atoms with van der Waals surface area (Å²) < 4.78 is 9.96. The molecule has 1 aliphatic rings. The fourth-order valence-electron chi connectivity index (χ4n) is 4.56. The summed E-state index contributed by atoms with van der Waals surface area (Å²) in [6, 6.07) is 11.8. The standard InChI is InChI=1S/C27H36BN3O4/c1-19(2)17-25(32)31(24-18-20(11-14-29-24)5-10-26(33)35-4)27(28)21-12-15-30(16-13-21)22-6-8-23(34-3)9-7-22/h5-11,14,18-19,21,27H,12-13,15-17,28H2,1-4H3/b10-5+. The fourth-order valence-corrected chi connectivity index (χ4v) is 4.56. The van der Waals surface area contributed by atoms with Gasteiger partial charge in [-0.3, -0.25) is 4.79 Å². The molecule has 186 valence electrons. The first-order valence-corrected chi connectivity index (χ1v) is 12.3. The van der Waals surface area contributed by atoms with Gasteiger partial charge >= 0.3 is 5.97 Å². The third-order valence-electron chi connectivity index (χ3n) is 6.55. The molecule has 1 aromatic heterocycles. The molecule has 0 radical (unpaired) electrons. The van der Waals surface area contributed by atoms with Crippen LogP contribution in [-0.4, -0.2) is 58.0 Å². The van der Waals surface area contributed by atoms with Gasteiger partial charge in [-0.1, -0.05) is 13.8 Å². The van der Waals surface area contributed by atoms with E-state index in [2.05, 4.69) is 48.4 Å². The van der Waals surface area contributed by atoms with Gasteiger partial charge in [-0.2, -0.15) is 0 Å². The number of carbonyl (C=O) groups excluding carboxylic acids is 2. The Morgan fingerprint density at radius 3 is 2.46 bits per heavy atom. The second-order valence-electron chi connectivity index (χ2n) is 9.43. The molecule has 1 atom stereocenters. The van der Waals surface area contributed by atoms with Crippen molar-refractivity contribution in [2.75, 3.05) is 37.1 Å². The van der Waals surface area contributed by atoms with Crippen LogP contribution in [0.25, 0.3) is 6.08 Å². The zero-order chi connectivity index (χ0) is 25.4. The molecule has 0 aliphatic carbocycles. The van der Waals surface area contributed by atoms with E-state index < -0.39 is 5.97 Å². The van der Waals surface area contributed by atoms with Gasteiger partial charge in [0, 0.05) is 43.4 Å². The van der Waals surface area contributed by atoms with Crippen molar-refractivity contribution >= 4 is 37.3 Å². The van der Waals surface area contributed by atoms with Crippen molar-refractivity contribution < 1.29 is 19.1 Å². The van der Waals surface area contributed by atoms with Crippen LogP contribution in [0, 0.1) is 11.8 Å². The van der Waals surface area contributed by atoms with E-state index in [-0.39, 0.29) is 17.8 Å². The Balaban J connectivity index is 1.77. The number of ether oxygens (including phenoxy) is 2. The Morgan fingerprint density at radius 1 is 1.17 bits per heavy atom. The molecule has 0 spiro atoms. The molecule has 8 heteroatoms. The quantitative estimate of drug-likeness (QED) is 0.313. The van der Waals surface area contributed by atoms with E-state index in [1.165, 1.54) is 18.9 Å². The predicted octanol–water partition coefficient (Wildman–Crippen LogP) is 3.53. The molecule has 1 aliphatic heterocycles. The van der Waals surface area contributed by atoms with Crippen LogP contribution in [0.3, 0.4) is 0 Å². The van der Waals surface area contributed by atoms with E-state index in [0.717, 1.165) is 37.2 Å². The number of methoxy groups -OCH3 is 2. The minimum Gasteiger partial charge on any atom is -0.497 e. The summed E-state index contributed by atoms with van der Waals surface area (Å²) >= 11 is 0. The lowest BCUT2D eigenvalue weighted by Gasteiger charge is -2.40. The Kier molecular flexibility index (Phi) is 9.35. The van der Waals surface area contributed by atoms with Gasteiger partial charge in [-0.15, -0.1) is 0 Å². The van der Waals surface area contributed by atoms with E-state index in [0.29, 0.717) is 18.2 Å². The minimum absolute atomic E-state index is 0.00611. The lowest BCUT2D eigenvalue weighted by Crippen LogP contribution is -2.49. The van der Waals surface area contributed by atoms with Crippen LogP contribution >= 0.6 is 0 Å². The molecule has 1 saturated heterocycles. The number of hydrogen-bond donors (Lipinski definition) is 0. The van der Waals surface area contributed by atoms with Crippen LogP contribution in [0.1, 0.15) is 38.7 Å². The van der Waals surface area contributed by atoms with Gasteiger partial charge in [0.2, 0.25) is 5.91 Å². The number of aromatic nitrogens is 1. The first-order valence-electron chi connectivity index (χ1n) is 12.3. The van der Waals surface area contributed by atoms with Crippen molar-refractivity contribution in [2.45, 2.75) is 39.1 Å². The number of benzene rings is 1. The first kappa shape index (κ1) is 26.3. The van der Waals surface area contributed by atoms with Crippen LogP contribution in [0.15, 0.2) is 48.7 Å². The number of hydrogen-bond acceptors (Lipinski definition) is 6. The van der Waals surface area contributed by atoms with Crippen molar-refractivity contribution in [2.24, 2.45) is 11.8 Å². The third-order valence-corrected chi connectivity index (χ3v) is 6.55. The number of esters is 1. The Hall–Kier alpha value is -3.29. The highest BCUT2D eigenvalue weighted by Crippen LogP contribution is 2.30. The molecule has 2 heterocycles. The average Bonchev–Trinajstić information content (AvgIpc) is 2.87. The van der Waals surface area contributed by atoms with Gasteiger partial charge < -0.3 is 19.3 Å². The van der Waals surface area contributed by atoms with Crippen molar-refractivity contribution in [1.82, 2.24) is 4.98 Å². The lowest BCUT2D eigenvalue weighted by molar-refractivity contribution is -0.134. The summed E-state index contributed by atoms with van der Waals surface area (Å²) in [5.41, 5.74) is 1.99. The zero-order valence-electron chi connectivity index (χ0n) is 21.4. The number of rotatable bonds is 9. The monoisotopic (exact) mass is 477 g/mol. The van der Waals surface area contributed by atoms with Crippen LogP contribution in [0.4, 0.5) is 11.5 Å². The highest BCUT2D eigenvalue weighted by molar-refractivity contribution is 6.17. The summed E-state index contributed by atoms with van der Waals surface area (Å²) in [7, 11) is 5.15. The van der Waals surface area contributed by atoms with E-state index in [1.807, 2.05) is 29.2 Å². The zero-order valence-corrected chi connectivity index (χ0v) is 21.4. The molecule has 35 heavy (non-hydrogen) atoms. The predicted molar refractivity (Wildman–Crippen MR) is 142 cm³/mol. The van der Waals surface area contributed by atoms with Crippen molar-refractivity contribution in [3.8, 4) is 5.75 Å². The molecule has 2 aromatic rings. The van der Waals surface area contributed by atoms with Crippen LogP contribution in [0.2, 0.25) is 0 Å². The van der Waals surface area contributed by atoms with Crippen molar-refractivity contribution in [3.63, 3.8) is 0 Å². The summed E-state index contributed by atoms with van der Waals surface area (Å²) in [6.45, 7) is 5.97. The maximum Gasteiger partial charge on any atom is 0.330 e. The van der Waals surface area contributed by atoms with Crippen molar-refractivity contribution in [3.05, 3.63) is 54.2 Å². The summed E-state index contributed by atoms with van der Waals surface area (Å²) in [5.74, 6) is 1.74. The van der Waals surface area contributed by atoms with E-state index >= 15 is 0 Å². The molecular weight excluding hydrogens is 441 g/mol. The normalized spacial score (nSPS) is 15.3. The van der Waals surface area contributed by atoms with Crippen LogP contribution in [-0.2, 0) is 14.3 Å². The molecule has 7 nitrogen and oxygen atoms in total. The molecule has 1 aromatic carbocycles. The maximum absolute atomic E-state index is 13.4. The van der Waals surface area contributed by atoms with Gasteiger partial charge in [0.1, 0.15) is 19.4 Å². The number of amides is 1. The summed E-state index contributed by atoms with van der Waals surface area (Å²) in [5, 5.41) is 0. The topological polar surface area (TPSA) is 72.0 Å². The van der Waals surface area contributed by atoms with E-state index in [4.69, 9.17) is 4.74 Å². The van der Waals surface area contributed by atoms with E-state index in [9.17, 15) is 9.59 Å². The lowest BCUT2D eigenvalue weighted by atomic mass is 9.76. The first-order chi connectivity index (χ1) is 16.8. The molecule has 0 N–H and O–H groups in total. The Morgan fingerprint density at radius 2 is 1.86 bits per heavy atom. The highest BCUT2D eigenvalue weighted by Gasteiger charge is 2.32. The second kappa shape index (κ2) is 12.4. The smallest absolute Gasteiger partial charge is 0.330 e. The summed E-state index contributed by atoms with van der Waals surface area (Å²) in [4.78, 5) is 33.7. The van der Waals surface area contributed by atoms with Crippen LogP contribution in [0.5, 0.6) is 5.75 Å². The SMILES string of the molecule is BC(C1CCN(c2ccc(OC)cc2)CC1)N(C(=O)CC(C)C)c1cc(/C=C/C(=O)OC)ccn1. The average molecular weight is 477 g/mol. The molecular formula is C27H36BN3O4. The Bertz CT molecular complexity index is 1020. The molecule has 1 fully saturated rings. The molecule has 1 amide bonds. The highest BCUT2D eigenvalue weighted by atomic mass is 16.5. The van der Waals surface area contributed by atoms with Gasteiger partial charge in [0.25, 0.3) is 0 Å². The Labute approximate surface area is 209 Å². The largest absolute Gasteiger partial charge is 0.497 e. The number of carbonyl (C=O) groups is 2. The fraction of sp³-hybridized carbons (Fsp3) is 0.444. The minimum atomic E-state index is -0.423. The number of piperidine rings is 1. The second-order valence-corrected chi connectivity index (χ2v) is 9.43. The van der Waals surface area contributed by atoms with Crippen molar-refractivity contribution in [1.29, 1.82) is 0 Å². The maximum atomic E-state index is 13.4. The number of anilines is 2. The van der Waals surface area contributed by atoms with E-state index in [1.54, 1.807) is 19.4 Å². The molecule has 0 bridgehead atoms. The molecule has 1 unspecified atom stereocenters. The van der Waals surface area contributed by atoms with Gasteiger partial charge in [0.05, 0.1) is 14.2 Å². The third kappa shape index (κ3) is 7.10. The summed E-state index contributed by atoms with van der Waals surface area (Å²) in [6.07, 6.45) is 7.17. The molecule has 0 saturated carbocycles. The van der Waals surface area contributed by atoms with Gasteiger partial charge in [0.15, 0.2) is 0 Å². The number of nitrogens with zero attached hydrogens (tertiary/aromatic N) is 3. The molecule has 3 rings (SSSR count). The van der Waals surface area contributed by atoms with Crippen LogP contribution < -0.4 is 14.5 Å². The number of pyridine rings is 1.